The molecular formula is C15H19F3N2O2. The van der Waals surface area contributed by atoms with E-state index in [-0.39, 0.29) is 23.6 Å². The number of carbonyl (C=O) groups is 1. The van der Waals surface area contributed by atoms with E-state index in [1.54, 1.807) is 12.0 Å². The second kappa shape index (κ2) is 6.66. The van der Waals surface area contributed by atoms with Crippen molar-refractivity contribution in [1.82, 2.24) is 4.90 Å². The van der Waals surface area contributed by atoms with Crippen LogP contribution < -0.4 is 5.73 Å². The largest absolute Gasteiger partial charge is 0.416 e. The molecule has 2 atom stereocenters. The standard InChI is InChI=1S/C15H19F3N2O2/c1-22-13-6-7-20(12(8-13)9-19)14(21)10-2-4-11(5-3-10)15(16,17)18/h2-5,12-13H,6-9,19H2,1H3. The number of nitrogens with two attached hydrogens (primary N) is 1. The van der Waals surface area contributed by atoms with Crippen LogP contribution in [0.5, 0.6) is 0 Å². The summed E-state index contributed by atoms with van der Waals surface area (Å²) in [7, 11) is 1.62. The SMILES string of the molecule is COC1CCN(C(=O)c2ccc(C(F)(F)F)cc2)C(CN)C1. The van der Waals surface area contributed by atoms with Gasteiger partial charge < -0.3 is 15.4 Å². The van der Waals surface area contributed by atoms with E-state index in [1.807, 2.05) is 0 Å². The van der Waals surface area contributed by atoms with Crippen molar-refractivity contribution in [2.45, 2.75) is 31.2 Å². The number of rotatable bonds is 3. The highest BCUT2D eigenvalue weighted by atomic mass is 19.4. The summed E-state index contributed by atoms with van der Waals surface area (Å²) in [5, 5.41) is 0. The van der Waals surface area contributed by atoms with Crippen molar-refractivity contribution in [1.29, 1.82) is 0 Å². The number of alkyl halides is 3. The predicted molar refractivity (Wildman–Crippen MR) is 75.4 cm³/mol. The molecule has 1 aromatic carbocycles. The molecular weight excluding hydrogens is 297 g/mol. The molecule has 1 aromatic rings. The lowest BCUT2D eigenvalue weighted by Crippen LogP contribution is -2.51. The number of benzene rings is 1. The molecule has 4 nitrogen and oxygen atoms in total. The van der Waals surface area contributed by atoms with Crippen LogP contribution >= 0.6 is 0 Å². The monoisotopic (exact) mass is 316 g/mol. The molecule has 7 heteroatoms. The zero-order valence-corrected chi connectivity index (χ0v) is 12.3. The molecule has 22 heavy (non-hydrogen) atoms. The van der Waals surface area contributed by atoms with Gasteiger partial charge in [-0.15, -0.1) is 0 Å². The van der Waals surface area contributed by atoms with E-state index in [0.29, 0.717) is 25.9 Å². The smallest absolute Gasteiger partial charge is 0.381 e. The van der Waals surface area contributed by atoms with Gasteiger partial charge in [-0.3, -0.25) is 4.79 Å². The Morgan fingerprint density at radius 1 is 1.36 bits per heavy atom. The van der Waals surface area contributed by atoms with Crippen LogP contribution in [-0.4, -0.2) is 43.2 Å². The lowest BCUT2D eigenvalue weighted by atomic mass is 9.98. The molecule has 0 aliphatic carbocycles. The van der Waals surface area contributed by atoms with Gasteiger partial charge in [0.05, 0.1) is 11.7 Å². The van der Waals surface area contributed by atoms with Crippen LogP contribution in [0.1, 0.15) is 28.8 Å². The zero-order chi connectivity index (χ0) is 16.3. The van der Waals surface area contributed by atoms with E-state index >= 15 is 0 Å². The molecule has 1 aliphatic rings. The molecule has 122 valence electrons. The molecule has 2 unspecified atom stereocenters. The highest BCUT2D eigenvalue weighted by Crippen LogP contribution is 2.29. The molecule has 1 heterocycles. The van der Waals surface area contributed by atoms with Gasteiger partial charge in [0.25, 0.3) is 5.91 Å². The third-order valence-electron chi connectivity index (χ3n) is 3.99. The first kappa shape index (κ1) is 16.8. The molecule has 1 amide bonds. The van der Waals surface area contributed by atoms with Crippen molar-refractivity contribution < 1.29 is 22.7 Å². The number of likely N-dealkylation sites (tertiary alicyclic amines) is 1. The van der Waals surface area contributed by atoms with E-state index in [1.165, 1.54) is 12.1 Å². The third-order valence-corrected chi connectivity index (χ3v) is 3.99. The van der Waals surface area contributed by atoms with Crippen LogP contribution in [0.2, 0.25) is 0 Å². The van der Waals surface area contributed by atoms with Crippen molar-refractivity contribution >= 4 is 5.91 Å². The van der Waals surface area contributed by atoms with E-state index in [0.717, 1.165) is 12.1 Å². The number of ether oxygens (including phenoxy) is 1. The third kappa shape index (κ3) is 3.59. The molecule has 1 saturated heterocycles. The van der Waals surface area contributed by atoms with Gasteiger partial charge in [-0.2, -0.15) is 13.2 Å². The highest BCUT2D eigenvalue weighted by molar-refractivity contribution is 5.94. The van der Waals surface area contributed by atoms with E-state index in [9.17, 15) is 18.0 Å². The van der Waals surface area contributed by atoms with E-state index in [4.69, 9.17) is 10.5 Å². The molecule has 1 fully saturated rings. The van der Waals surface area contributed by atoms with Crippen molar-refractivity contribution in [3.63, 3.8) is 0 Å². The summed E-state index contributed by atoms with van der Waals surface area (Å²) in [5.41, 5.74) is 5.18. The van der Waals surface area contributed by atoms with Crippen molar-refractivity contribution in [2.24, 2.45) is 5.73 Å². The maximum atomic E-state index is 12.5. The van der Waals surface area contributed by atoms with Gasteiger partial charge in [0, 0.05) is 31.8 Å². The fraction of sp³-hybridized carbons (Fsp3) is 0.533. The number of halogens is 3. The molecule has 0 saturated carbocycles. The summed E-state index contributed by atoms with van der Waals surface area (Å²) in [6.45, 7) is 0.784. The highest BCUT2D eigenvalue weighted by Gasteiger charge is 2.33. The molecule has 0 spiro atoms. The number of piperidine rings is 1. The minimum atomic E-state index is -4.40. The van der Waals surface area contributed by atoms with Crippen molar-refractivity contribution in [2.75, 3.05) is 20.2 Å². The zero-order valence-electron chi connectivity index (χ0n) is 12.3. The van der Waals surface area contributed by atoms with Gasteiger partial charge in [-0.05, 0) is 37.1 Å². The topological polar surface area (TPSA) is 55.6 Å². The molecule has 2 rings (SSSR count). The Hall–Kier alpha value is -1.60. The minimum Gasteiger partial charge on any atom is -0.381 e. The van der Waals surface area contributed by atoms with Crippen LogP contribution in [-0.2, 0) is 10.9 Å². The first-order chi connectivity index (χ1) is 10.4. The second-order valence-corrected chi connectivity index (χ2v) is 5.35. The van der Waals surface area contributed by atoms with Crippen LogP contribution in [0.25, 0.3) is 0 Å². The van der Waals surface area contributed by atoms with Crippen molar-refractivity contribution in [3.05, 3.63) is 35.4 Å². The van der Waals surface area contributed by atoms with Crippen LogP contribution in [0.4, 0.5) is 13.2 Å². The maximum absolute atomic E-state index is 12.5. The molecule has 1 aliphatic heterocycles. The second-order valence-electron chi connectivity index (χ2n) is 5.35. The maximum Gasteiger partial charge on any atom is 0.416 e. The first-order valence-corrected chi connectivity index (χ1v) is 7.08. The lowest BCUT2D eigenvalue weighted by molar-refractivity contribution is -0.137. The number of carbonyl (C=O) groups excluding carboxylic acids is 1. The van der Waals surface area contributed by atoms with Gasteiger partial charge in [0.2, 0.25) is 0 Å². The fourth-order valence-corrected chi connectivity index (χ4v) is 2.69. The predicted octanol–water partition coefficient (Wildman–Crippen LogP) is 2.28. The first-order valence-electron chi connectivity index (χ1n) is 7.08. The lowest BCUT2D eigenvalue weighted by Gasteiger charge is -2.38. The quantitative estimate of drug-likeness (QED) is 0.931. The van der Waals surface area contributed by atoms with Gasteiger partial charge in [0.1, 0.15) is 0 Å². The Balaban J connectivity index is 2.13. The van der Waals surface area contributed by atoms with Gasteiger partial charge >= 0.3 is 6.18 Å². The van der Waals surface area contributed by atoms with Gasteiger partial charge in [-0.1, -0.05) is 0 Å². The Kier molecular flexibility index (Phi) is 5.08. The van der Waals surface area contributed by atoms with E-state index in [2.05, 4.69) is 0 Å². The average Bonchev–Trinajstić information content (AvgIpc) is 2.52. The van der Waals surface area contributed by atoms with Crippen LogP contribution in [0.15, 0.2) is 24.3 Å². The number of hydrogen-bond donors (Lipinski definition) is 1. The number of hydrogen-bond acceptors (Lipinski definition) is 3. The Labute approximate surface area is 127 Å². The van der Waals surface area contributed by atoms with E-state index < -0.39 is 11.7 Å². The molecule has 0 bridgehead atoms. The molecule has 0 radical (unpaired) electrons. The van der Waals surface area contributed by atoms with Gasteiger partial charge in [-0.25, -0.2) is 0 Å². The fourth-order valence-electron chi connectivity index (χ4n) is 2.69. The summed E-state index contributed by atoms with van der Waals surface area (Å²) in [6, 6.07) is 4.11. The Morgan fingerprint density at radius 3 is 2.50 bits per heavy atom. The summed E-state index contributed by atoms with van der Waals surface area (Å²) in [6.07, 6.45) is -3.01. The van der Waals surface area contributed by atoms with Gasteiger partial charge in [0.15, 0.2) is 0 Å². The van der Waals surface area contributed by atoms with Crippen LogP contribution in [0.3, 0.4) is 0 Å². The summed E-state index contributed by atoms with van der Waals surface area (Å²) < 4.78 is 42.9. The molecule has 0 aromatic heterocycles. The average molecular weight is 316 g/mol. The number of amides is 1. The Bertz CT molecular complexity index is 517. The summed E-state index contributed by atoms with van der Waals surface area (Å²) in [4.78, 5) is 14.1. The minimum absolute atomic E-state index is 0.0604. The van der Waals surface area contributed by atoms with Crippen LogP contribution in [0, 0.1) is 0 Å². The molecule has 2 N–H and O–H groups in total. The van der Waals surface area contributed by atoms with Crippen molar-refractivity contribution in [3.8, 4) is 0 Å². The normalized spacial score (nSPS) is 22.7. The number of methoxy groups -OCH3 is 1. The number of nitrogens with zero attached hydrogens (tertiary/aromatic N) is 1. The Morgan fingerprint density at radius 2 is 2.00 bits per heavy atom. The summed E-state index contributed by atoms with van der Waals surface area (Å²) >= 11 is 0. The summed E-state index contributed by atoms with van der Waals surface area (Å²) in [5.74, 6) is -0.293.